The van der Waals surface area contributed by atoms with E-state index in [0.717, 1.165) is 63.3 Å². The van der Waals surface area contributed by atoms with Gasteiger partial charge in [-0.3, -0.25) is 10.1 Å². The third kappa shape index (κ3) is 6.73. The molecule has 0 bridgehead atoms. The Balaban J connectivity index is 1.46. The molecule has 0 saturated carbocycles. The Labute approximate surface area is 201 Å². The summed E-state index contributed by atoms with van der Waals surface area (Å²) in [6.07, 6.45) is 7.12. The zero-order valence-corrected chi connectivity index (χ0v) is 19.9. The van der Waals surface area contributed by atoms with Crippen LogP contribution in [0.4, 0.5) is 18.6 Å². The number of hydrogen-bond acceptors (Lipinski definition) is 7. The maximum atomic E-state index is 14.6. The van der Waals surface area contributed by atoms with Gasteiger partial charge in [-0.15, -0.1) is 0 Å². The Morgan fingerprint density at radius 1 is 1.44 bits per heavy atom. The molecule has 1 saturated heterocycles. The number of nitrogens with zero attached hydrogens (tertiary/aromatic N) is 2. The van der Waals surface area contributed by atoms with Crippen LogP contribution in [-0.4, -0.2) is 70.9 Å². The predicted molar refractivity (Wildman–Crippen MR) is 125 cm³/mol. The number of aliphatic hydroxyl groups excluding tert-OH is 1. The maximum absolute atomic E-state index is 14.6. The van der Waals surface area contributed by atoms with Gasteiger partial charge in [0.25, 0.3) is 5.91 Å². The summed E-state index contributed by atoms with van der Waals surface area (Å²) >= 11 is 0.807. The highest BCUT2D eigenvalue weighted by Gasteiger charge is 2.39. The average Bonchev–Trinajstić information content (AvgIpc) is 3.17. The maximum Gasteiger partial charge on any atom is 0.319 e. The van der Waals surface area contributed by atoms with Gasteiger partial charge in [0, 0.05) is 13.1 Å². The normalized spacial score (nSPS) is 25.0. The van der Waals surface area contributed by atoms with E-state index in [1.54, 1.807) is 0 Å². The zero-order valence-electron chi connectivity index (χ0n) is 19.1. The van der Waals surface area contributed by atoms with Gasteiger partial charge in [0.1, 0.15) is 16.4 Å². The molecule has 1 fully saturated rings. The lowest BCUT2D eigenvalue weighted by atomic mass is 9.86. The minimum atomic E-state index is -2.24. The number of aliphatic hydroxyl groups is 1. The van der Waals surface area contributed by atoms with Crippen molar-refractivity contribution in [1.82, 2.24) is 14.6 Å². The summed E-state index contributed by atoms with van der Waals surface area (Å²) < 4.78 is 37.9. The first-order valence-electron chi connectivity index (χ1n) is 11.3. The monoisotopic (exact) mass is 499 g/mol. The van der Waals surface area contributed by atoms with Crippen molar-refractivity contribution in [3.8, 4) is 5.88 Å². The van der Waals surface area contributed by atoms with Gasteiger partial charge in [-0.05, 0) is 63.3 Å². The van der Waals surface area contributed by atoms with E-state index in [1.807, 2.05) is 0 Å². The van der Waals surface area contributed by atoms with E-state index in [4.69, 9.17) is 10.5 Å². The number of piperidine rings is 1. The number of halogens is 2. The molecule has 3 amide bonds. The molecule has 9 nitrogen and oxygen atoms in total. The van der Waals surface area contributed by atoms with E-state index >= 15 is 0 Å². The quantitative estimate of drug-likeness (QED) is 0.366. The van der Waals surface area contributed by atoms with E-state index in [-0.39, 0.29) is 29.2 Å². The highest BCUT2D eigenvalue weighted by Crippen LogP contribution is 2.37. The SMILES string of the molecule is CC1(F)C(F)=CC=CC1COc1nsc(NC(=O)NCCCCN2CCCC(O)C2)c1C(N)=O. The number of alkyl halides is 1. The molecule has 2 aliphatic rings. The number of nitrogens with two attached hydrogens (primary N) is 1. The Morgan fingerprint density at radius 3 is 2.97 bits per heavy atom. The Hall–Kier alpha value is -2.57. The summed E-state index contributed by atoms with van der Waals surface area (Å²) in [4.78, 5) is 26.4. The molecule has 0 spiro atoms. The number of hydrogen-bond donors (Lipinski definition) is 4. The van der Waals surface area contributed by atoms with Crippen molar-refractivity contribution >= 4 is 28.5 Å². The van der Waals surface area contributed by atoms with Crippen LogP contribution in [0.3, 0.4) is 0 Å². The number of primary amides is 1. The van der Waals surface area contributed by atoms with Crippen molar-refractivity contribution in [2.75, 3.05) is 38.1 Å². The molecule has 3 atom stereocenters. The summed E-state index contributed by atoms with van der Waals surface area (Å²) in [5, 5.41) is 15.1. The fraction of sp³-hybridized carbons (Fsp3) is 0.591. The number of likely N-dealkylation sites (tertiary alicyclic amines) is 1. The van der Waals surface area contributed by atoms with Gasteiger partial charge in [0.2, 0.25) is 5.88 Å². The highest BCUT2D eigenvalue weighted by atomic mass is 32.1. The summed E-state index contributed by atoms with van der Waals surface area (Å²) in [5.74, 6) is -2.84. The van der Waals surface area contributed by atoms with Crippen molar-refractivity contribution in [3.63, 3.8) is 0 Å². The van der Waals surface area contributed by atoms with Crippen LogP contribution in [0, 0.1) is 5.92 Å². The Kier molecular flexibility index (Phi) is 8.97. The summed E-state index contributed by atoms with van der Waals surface area (Å²) in [6.45, 7) is 3.79. The zero-order chi connectivity index (χ0) is 24.7. The molecule has 3 rings (SSSR count). The van der Waals surface area contributed by atoms with E-state index in [2.05, 4.69) is 19.9 Å². The van der Waals surface area contributed by atoms with Crippen LogP contribution in [0.2, 0.25) is 0 Å². The van der Waals surface area contributed by atoms with Crippen LogP contribution in [0.15, 0.2) is 24.1 Å². The molecule has 2 heterocycles. The first kappa shape index (κ1) is 26.0. The van der Waals surface area contributed by atoms with Crippen LogP contribution in [0.25, 0.3) is 0 Å². The summed E-state index contributed by atoms with van der Waals surface area (Å²) in [5.41, 5.74) is 3.07. The van der Waals surface area contributed by atoms with E-state index in [0.29, 0.717) is 13.1 Å². The molecule has 3 unspecified atom stereocenters. The summed E-state index contributed by atoms with van der Waals surface area (Å²) in [7, 11) is 0. The van der Waals surface area contributed by atoms with Gasteiger partial charge < -0.3 is 25.8 Å². The van der Waals surface area contributed by atoms with E-state index < -0.39 is 29.4 Å². The topological polar surface area (TPSA) is 130 Å². The van der Waals surface area contributed by atoms with E-state index in [9.17, 15) is 23.5 Å². The fourth-order valence-electron chi connectivity index (χ4n) is 3.90. The molecule has 34 heavy (non-hydrogen) atoms. The number of β-amino-alcohol motifs (C(OH)–C–C–N with tert-alkyl or cyclic N) is 1. The van der Waals surface area contributed by atoms with Crippen molar-refractivity contribution in [2.24, 2.45) is 11.7 Å². The predicted octanol–water partition coefficient (Wildman–Crippen LogP) is 2.75. The number of ether oxygens (including phenoxy) is 1. The first-order chi connectivity index (χ1) is 16.2. The minimum Gasteiger partial charge on any atom is -0.476 e. The molecule has 0 aromatic carbocycles. The standard InChI is InChI=1S/C22H31F2N5O4S/c1-22(24)14(6-4-8-16(22)23)13-33-19-17(18(25)31)20(34-28-19)27-21(32)26-9-2-3-10-29-11-5-7-15(30)12-29/h4,6,8,14-15,30H,2-3,5,7,9-13H2,1H3,(H2,25,31)(H2,26,27,32). The fourth-order valence-corrected chi connectivity index (χ4v) is 4.63. The van der Waals surface area contributed by atoms with Crippen molar-refractivity contribution in [1.29, 1.82) is 0 Å². The number of aromatic nitrogens is 1. The molecule has 12 heteroatoms. The molecule has 5 N–H and O–H groups in total. The third-order valence-corrected chi connectivity index (χ3v) is 6.70. The first-order valence-corrected chi connectivity index (χ1v) is 12.1. The number of urea groups is 1. The second kappa shape index (κ2) is 11.7. The van der Waals surface area contributed by atoms with Gasteiger partial charge in [-0.25, -0.2) is 13.6 Å². The molecular weight excluding hydrogens is 468 g/mol. The second-order valence-corrected chi connectivity index (χ2v) is 9.41. The average molecular weight is 500 g/mol. The van der Waals surface area contributed by atoms with Gasteiger partial charge in [0.05, 0.1) is 18.6 Å². The largest absolute Gasteiger partial charge is 0.476 e. The molecule has 188 valence electrons. The van der Waals surface area contributed by atoms with Crippen molar-refractivity contribution in [3.05, 3.63) is 29.6 Å². The van der Waals surface area contributed by atoms with Crippen LogP contribution in [0.5, 0.6) is 5.88 Å². The van der Waals surface area contributed by atoms with Crippen LogP contribution < -0.4 is 21.1 Å². The lowest BCUT2D eigenvalue weighted by Crippen LogP contribution is -2.39. The number of unbranched alkanes of at least 4 members (excludes halogenated alkanes) is 1. The number of rotatable bonds is 10. The molecule has 0 radical (unpaired) electrons. The molecule has 1 aliphatic heterocycles. The van der Waals surface area contributed by atoms with Crippen LogP contribution in [0.1, 0.15) is 43.0 Å². The number of anilines is 1. The minimum absolute atomic E-state index is 0.107. The third-order valence-electron chi connectivity index (χ3n) is 5.95. The number of amides is 3. The molecule has 1 aromatic rings. The van der Waals surface area contributed by atoms with Crippen LogP contribution >= 0.6 is 11.5 Å². The Bertz CT molecular complexity index is 936. The Morgan fingerprint density at radius 2 is 2.24 bits per heavy atom. The number of carbonyl (C=O) groups excluding carboxylic acids is 2. The van der Waals surface area contributed by atoms with Crippen LogP contribution in [-0.2, 0) is 0 Å². The molecule has 1 aromatic heterocycles. The molecular formula is C22H31F2N5O4S. The van der Waals surface area contributed by atoms with E-state index in [1.165, 1.54) is 12.2 Å². The van der Waals surface area contributed by atoms with Crippen molar-refractivity contribution < 1.29 is 28.2 Å². The number of carbonyl (C=O) groups is 2. The van der Waals surface area contributed by atoms with Gasteiger partial charge in [-0.1, -0.05) is 12.2 Å². The summed E-state index contributed by atoms with van der Waals surface area (Å²) in [6, 6.07) is -0.523. The lowest BCUT2D eigenvalue weighted by Gasteiger charge is -2.29. The van der Waals surface area contributed by atoms with Gasteiger partial charge in [0.15, 0.2) is 5.67 Å². The lowest BCUT2D eigenvalue weighted by molar-refractivity contribution is 0.0699. The number of nitrogens with one attached hydrogen (secondary N) is 2. The second-order valence-electron chi connectivity index (χ2n) is 8.63. The van der Waals surface area contributed by atoms with Crippen molar-refractivity contribution in [2.45, 2.75) is 44.4 Å². The number of allylic oxidation sites excluding steroid dienone is 3. The van der Waals surface area contributed by atoms with Gasteiger partial charge >= 0.3 is 6.03 Å². The van der Waals surface area contributed by atoms with Gasteiger partial charge in [-0.2, -0.15) is 4.37 Å². The molecule has 1 aliphatic carbocycles. The highest BCUT2D eigenvalue weighted by molar-refractivity contribution is 7.11. The smallest absolute Gasteiger partial charge is 0.319 e.